The van der Waals surface area contributed by atoms with Gasteiger partial charge in [-0.3, -0.25) is 4.79 Å². The smallest absolute Gasteiger partial charge is 0.326 e. The number of amides is 1. The van der Waals surface area contributed by atoms with Gasteiger partial charge in [-0.1, -0.05) is 6.07 Å². The molecule has 0 saturated heterocycles. The zero-order valence-corrected chi connectivity index (χ0v) is 11.2. The number of benzene rings is 1. The molecule has 2 N–H and O–H groups in total. The van der Waals surface area contributed by atoms with E-state index in [2.05, 4.69) is 5.32 Å². The van der Waals surface area contributed by atoms with Gasteiger partial charge in [0.25, 0.3) is 5.91 Å². The van der Waals surface area contributed by atoms with Crippen LogP contribution in [0.4, 0.5) is 8.78 Å². The van der Waals surface area contributed by atoms with E-state index in [1.54, 1.807) is 12.1 Å². The number of carbonyl (C=O) groups is 2. The van der Waals surface area contributed by atoms with E-state index in [4.69, 9.17) is 5.11 Å². The normalized spacial score (nSPS) is 12.2. The Balaban J connectivity index is 2.75. The summed E-state index contributed by atoms with van der Waals surface area (Å²) in [6.07, 6.45) is -3.70. The van der Waals surface area contributed by atoms with Gasteiger partial charge in [-0.2, -0.15) is 0 Å². The fourth-order valence-corrected chi connectivity index (χ4v) is 1.81. The SMILES string of the molecule is O=C(NC(CC(F)F)C(=O)O)c1cccc(I)c1. The van der Waals surface area contributed by atoms with E-state index in [0.717, 1.165) is 3.57 Å². The molecule has 98 valence electrons. The molecule has 1 unspecified atom stereocenters. The highest BCUT2D eigenvalue weighted by molar-refractivity contribution is 14.1. The molecule has 4 nitrogen and oxygen atoms in total. The van der Waals surface area contributed by atoms with Crippen LogP contribution in [0.25, 0.3) is 0 Å². The minimum Gasteiger partial charge on any atom is -0.480 e. The summed E-state index contributed by atoms with van der Waals surface area (Å²) in [6.45, 7) is 0. The number of hydrogen-bond acceptors (Lipinski definition) is 2. The maximum Gasteiger partial charge on any atom is 0.326 e. The molecular formula is C11H10F2INO3. The van der Waals surface area contributed by atoms with Crippen LogP contribution in [0.1, 0.15) is 16.8 Å². The van der Waals surface area contributed by atoms with E-state index in [0.29, 0.717) is 0 Å². The van der Waals surface area contributed by atoms with Crippen LogP contribution in [0.2, 0.25) is 0 Å². The van der Waals surface area contributed by atoms with Gasteiger partial charge in [-0.05, 0) is 40.8 Å². The first-order chi connectivity index (χ1) is 8.40. The zero-order chi connectivity index (χ0) is 13.7. The Bertz CT molecular complexity index is 454. The first-order valence-corrected chi connectivity index (χ1v) is 6.05. The Hall–Kier alpha value is -1.25. The predicted octanol–water partition coefficient (Wildman–Crippen LogP) is 2.13. The van der Waals surface area contributed by atoms with E-state index >= 15 is 0 Å². The van der Waals surface area contributed by atoms with Gasteiger partial charge in [-0.25, -0.2) is 13.6 Å². The molecule has 0 aromatic heterocycles. The van der Waals surface area contributed by atoms with Gasteiger partial charge in [0.2, 0.25) is 6.43 Å². The third kappa shape index (κ3) is 4.55. The number of alkyl halides is 2. The number of carboxylic acid groups (broad SMARTS) is 1. The molecule has 1 rings (SSSR count). The number of carboxylic acids is 1. The highest BCUT2D eigenvalue weighted by atomic mass is 127. The van der Waals surface area contributed by atoms with E-state index in [9.17, 15) is 18.4 Å². The maximum atomic E-state index is 12.1. The maximum absolute atomic E-state index is 12.1. The van der Waals surface area contributed by atoms with Gasteiger partial charge < -0.3 is 10.4 Å². The molecular weight excluding hydrogens is 359 g/mol. The summed E-state index contributed by atoms with van der Waals surface area (Å²) < 4.78 is 25.1. The average molecular weight is 369 g/mol. The first kappa shape index (κ1) is 14.8. The molecule has 0 radical (unpaired) electrons. The summed E-state index contributed by atoms with van der Waals surface area (Å²) in [7, 11) is 0. The fourth-order valence-electron chi connectivity index (χ4n) is 1.27. The summed E-state index contributed by atoms with van der Waals surface area (Å²) in [5, 5.41) is 10.8. The van der Waals surface area contributed by atoms with Gasteiger partial charge in [0.1, 0.15) is 6.04 Å². The largest absolute Gasteiger partial charge is 0.480 e. The Morgan fingerprint density at radius 2 is 2.06 bits per heavy atom. The lowest BCUT2D eigenvalue weighted by Gasteiger charge is -2.14. The van der Waals surface area contributed by atoms with Gasteiger partial charge in [0.05, 0.1) is 0 Å². The highest BCUT2D eigenvalue weighted by Gasteiger charge is 2.24. The second-order valence-electron chi connectivity index (χ2n) is 3.50. The van der Waals surface area contributed by atoms with Crippen molar-refractivity contribution in [3.63, 3.8) is 0 Å². The van der Waals surface area contributed by atoms with Crippen LogP contribution in [0.5, 0.6) is 0 Å². The second-order valence-corrected chi connectivity index (χ2v) is 4.75. The van der Waals surface area contributed by atoms with Crippen molar-refractivity contribution in [1.29, 1.82) is 0 Å². The summed E-state index contributed by atoms with van der Waals surface area (Å²) in [5.41, 5.74) is 0.238. The van der Waals surface area contributed by atoms with Gasteiger partial charge in [-0.15, -0.1) is 0 Å². The molecule has 7 heteroatoms. The van der Waals surface area contributed by atoms with Crippen molar-refractivity contribution in [2.24, 2.45) is 0 Å². The number of halogens is 3. The molecule has 18 heavy (non-hydrogen) atoms. The molecule has 0 spiro atoms. The molecule has 1 amide bonds. The Labute approximate surface area is 116 Å². The van der Waals surface area contributed by atoms with Crippen molar-refractivity contribution in [3.05, 3.63) is 33.4 Å². The molecule has 0 aliphatic rings. The summed E-state index contributed by atoms with van der Waals surface area (Å²) in [4.78, 5) is 22.4. The van der Waals surface area contributed by atoms with Crippen LogP contribution in [0.3, 0.4) is 0 Å². The fraction of sp³-hybridized carbons (Fsp3) is 0.273. The quantitative estimate of drug-likeness (QED) is 0.782. The van der Waals surface area contributed by atoms with Crippen LogP contribution in [0.15, 0.2) is 24.3 Å². The topological polar surface area (TPSA) is 66.4 Å². The molecule has 0 heterocycles. The molecule has 1 aromatic rings. The monoisotopic (exact) mass is 369 g/mol. The van der Waals surface area contributed by atoms with E-state index in [1.165, 1.54) is 12.1 Å². The lowest BCUT2D eigenvalue weighted by atomic mass is 10.1. The van der Waals surface area contributed by atoms with Crippen LogP contribution in [-0.4, -0.2) is 29.5 Å². The standard InChI is InChI=1S/C11H10F2INO3/c12-9(13)5-8(11(17)18)15-10(16)6-2-1-3-7(14)4-6/h1-4,8-9H,5H2,(H,15,16)(H,17,18). The first-order valence-electron chi connectivity index (χ1n) is 4.97. The molecule has 1 atom stereocenters. The van der Waals surface area contributed by atoms with Crippen LogP contribution >= 0.6 is 22.6 Å². The third-order valence-electron chi connectivity index (χ3n) is 2.10. The molecule has 0 aliphatic carbocycles. The van der Waals surface area contributed by atoms with Crippen LogP contribution in [-0.2, 0) is 4.79 Å². The number of aliphatic carboxylic acids is 1. The minimum absolute atomic E-state index is 0.238. The number of carbonyl (C=O) groups excluding carboxylic acids is 1. The number of hydrogen-bond donors (Lipinski definition) is 2. The summed E-state index contributed by atoms with van der Waals surface area (Å²) >= 11 is 1.99. The Morgan fingerprint density at radius 1 is 1.39 bits per heavy atom. The van der Waals surface area contributed by atoms with Crippen LogP contribution < -0.4 is 5.32 Å². The molecule has 0 saturated carbocycles. The van der Waals surface area contributed by atoms with Crippen molar-refractivity contribution >= 4 is 34.5 Å². The van der Waals surface area contributed by atoms with E-state index < -0.39 is 30.8 Å². The van der Waals surface area contributed by atoms with Crippen molar-refractivity contribution < 1.29 is 23.5 Å². The molecule has 0 bridgehead atoms. The van der Waals surface area contributed by atoms with Crippen molar-refractivity contribution in [2.45, 2.75) is 18.9 Å². The summed E-state index contributed by atoms with van der Waals surface area (Å²) in [5.74, 6) is -2.16. The molecule has 1 aromatic carbocycles. The van der Waals surface area contributed by atoms with E-state index in [-0.39, 0.29) is 5.56 Å². The highest BCUT2D eigenvalue weighted by Crippen LogP contribution is 2.09. The Kier molecular flexibility index (Phi) is 5.45. The van der Waals surface area contributed by atoms with Crippen LogP contribution in [0, 0.1) is 3.57 Å². The van der Waals surface area contributed by atoms with Gasteiger partial charge >= 0.3 is 5.97 Å². The van der Waals surface area contributed by atoms with Crippen molar-refractivity contribution in [1.82, 2.24) is 5.32 Å². The summed E-state index contributed by atoms with van der Waals surface area (Å²) in [6, 6.07) is 4.82. The van der Waals surface area contributed by atoms with Crippen molar-refractivity contribution in [2.75, 3.05) is 0 Å². The van der Waals surface area contributed by atoms with E-state index in [1.807, 2.05) is 22.6 Å². The number of rotatable bonds is 5. The minimum atomic E-state index is -2.79. The number of nitrogens with one attached hydrogen (secondary N) is 1. The Morgan fingerprint density at radius 3 is 2.56 bits per heavy atom. The van der Waals surface area contributed by atoms with Gasteiger partial charge in [0, 0.05) is 15.6 Å². The van der Waals surface area contributed by atoms with Crippen molar-refractivity contribution in [3.8, 4) is 0 Å². The second kappa shape index (κ2) is 6.62. The third-order valence-corrected chi connectivity index (χ3v) is 2.78. The lowest BCUT2D eigenvalue weighted by Crippen LogP contribution is -2.42. The predicted molar refractivity (Wildman–Crippen MR) is 68.7 cm³/mol. The zero-order valence-electron chi connectivity index (χ0n) is 9.07. The average Bonchev–Trinajstić information content (AvgIpc) is 2.27. The molecule has 0 aliphatic heterocycles. The van der Waals surface area contributed by atoms with Gasteiger partial charge in [0.15, 0.2) is 0 Å². The molecule has 0 fully saturated rings. The lowest BCUT2D eigenvalue weighted by molar-refractivity contribution is -0.140.